The second kappa shape index (κ2) is 12.0. The van der Waals surface area contributed by atoms with Gasteiger partial charge in [-0.05, 0) is 24.6 Å². The Morgan fingerprint density at radius 3 is 2.34 bits per heavy atom. The van der Waals surface area contributed by atoms with E-state index in [-0.39, 0.29) is 17.7 Å². The first-order chi connectivity index (χ1) is 18.6. The van der Waals surface area contributed by atoms with E-state index in [9.17, 15) is 9.59 Å². The zero-order valence-corrected chi connectivity index (χ0v) is 21.8. The van der Waals surface area contributed by atoms with Gasteiger partial charge in [0, 0.05) is 38.3 Å². The van der Waals surface area contributed by atoms with Gasteiger partial charge in [0.15, 0.2) is 10.9 Å². The molecule has 0 aliphatic carbocycles. The molecule has 38 heavy (non-hydrogen) atoms. The molecule has 196 valence electrons. The summed E-state index contributed by atoms with van der Waals surface area (Å²) >= 11 is 1.45. The van der Waals surface area contributed by atoms with Crippen molar-refractivity contribution in [2.24, 2.45) is 0 Å². The van der Waals surface area contributed by atoms with Crippen LogP contribution in [-0.4, -0.2) is 74.3 Å². The van der Waals surface area contributed by atoms with Gasteiger partial charge >= 0.3 is 6.09 Å². The monoisotopic (exact) mass is 532 g/mol. The molecule has 0 radical (unpaired) electrons. The number of rotatable bonds is 8. The van der Waals surface area contributed by atoms with Gasteiger partial charge in [-0.25, -0.2) is 9.78 Å². The van der Waals surface area contributed by atoms with Crippen LogP contribution in [0.15, 0.2) is 76.5 Å². The minimum Gasteiger partial charge on any atom is -0.450 e. The smallest absolute Gasteiger partial charge is 0.409 e. The summed E-state index contributed by atoms with van der Waals surface area (Å²) in [5.41, 5.74) is 2.36. The fraction of sp³-hybridized carbons (Fsp3) is 0.296. The number of benzene rings is 2. The molecule has 1 saturated heterocycles. The molecule has 1 aliphatic rings. The van der Waals surface area contributed by atoms with E-state index in [4.69, 9.17) is 9.15 Å². The maximum absolute atomic E-state index is 12.9. The maximum Gasteiger partial charge on any atom is 0.409 e. The predicted octanol–water partition coefficient (Wildman–Crippen LogP) is 4.05. The molecule has 10 nitrogen and oxygen atoms in total. The summed E-state index contributed by atoms with van der Waals surface area (Å²) < 4.78 is 12.7. The van der Waals surface area contributed by atoms with Crippen LogP contribution in [0.2, 0.25) is 0 Å². The largest absolute Gasteiger partial charge is 0.450 e. The highest BCUT2D eigenvalue weighted by atomic mass is 32.2. The lowest BCUT2D eigenvalue weighted by Crippen LogP contribution is -2.50. The molecule has 1 aliphatic heterocycles. The zero-order chi connectivity index (χ0) is 26.3. The van der Waals surface area contributed by atoms with E-state index in [1.54, 1.807) is 16.7 Å². The topological polar surface area (TPSA) is 107 Å². The lowest BCUT2D eigenvalue weighted by Gasteiger charge is -2.33. The van der Waals surface area contributed by atoms with Crippen LogP contribution >= 0.6 is 11.8 Å². The van der Waals surface area contributed by atoms with Gasteiger partial charge in [0.2, 0.25) is 5.89 Å². The van der Waals surface area contributed by atoms with Gasteiger partial charge in [0.1, 0.15) is 12.1 Å². The summed E-state index contributed by atoms with van der Waals surface area (Å²) in [4.78, 5) is 32.5. The van der Waals surface area contributed by atoms with E-state index in [1.807, 2.05) is 53.1 Å². The van der Waals surface area contributed by atoms with Crippen LogP contribution in [0, 0.1) is 0 Å². The number of hydrogen-bond donors (Lipinski definition) is 0. The third-order valence-corrected chi connectivity index (χ3v) is 7.02. The molecule has 2 aromatic carbocycles. The highest BCUT2D eigenvalue weighted by molar-refractivity contribution is 7.98. The van der Waals surface area contributed by atoms with Gasteiger partial charge in [-0.2, -0.15) is 0 Å². The van der Waals surface area contributed by atoms with Gasteiger partial charge in [-0.15, -0.1) is 10.2 Å². The summed E-state index contributed by atoms with van der Waals surface area (Å²) in [6.45, 7) is 3.77. The first-order valence-electron chi connectivity index (χ1n) is 12.4. The molecule has 0 bridgehead atoms. The molecule has 0 spiro atoms. The van der Waals surface area contributed by atoms with E-state index >= 15 is 0 Å². The molecule has 0 saturated carbocycles. The summed E-state index contributed by atoms with van der Waals surface area (Å²) in [7, 11) is 0. The number of nitrogens with zero attached hydrogens (tertiary/aromatic N) is 6. The SMILES string of the molecule is CCOC(=O)N1CCN(C(=O)c2coc(CSc3nnc(Cc4ccccc4)n3-c3ccccc3)n2)CC1. The van der Waals surface area contributed by atoms with Crippen molar-refractivity contribution in [2.75, 3.05) is 32.8 Å². The molecule has 3 heterocycles. The van der Waals surface area contributed by atoms with Gasteiger partial charge in [-0.1, -0.05) is 60.3 Å². The average Bonchev–Trinajstić information content (AvgIpc) is 3.60. The standard InChI is InChI=1S/C27H28N6O4S/c1-2-36-27(35)32-15-13-31(14-16-32)25(34)22-18-37-24(28-22)19-38-26-30-29-23(17-20-9-5-3-6-10-20)33(26)21-11-7-4-8-12-21/h3-12,18H,2,13-17,19H2,1H3. The van der Waals surface area contributed by atoms with Crippen molar-refractivity contribution in [3.05, 3.63) is 89.9 Å². The maximum atomic E-state index is 12.9. The van der Waals surface area contributed by atoms with Crippen LogP contribution in [0.3, 0.4) is 0 Å². The van der Waals surface area contributed by atoms with Gasteiger partial charge in [0.25, 0.3) is 5.91 Å². The quantitative estimate of drug-likeness (QED) is 0.313. The second-order valence-electron chi connectivity index (χ2n) is 8.63. The summed E-state index contributed by atoms with van der Waals surface area (Å²) in [5, 5.41) is 9.62. The number of thioether (sulfide) groups is 1. The van der Waals surface area contributed by atoms with Crippen molar-refractivity contribution in [2.45, 2.75) is 24.3 Å². The lowest BCUT2D eigenvalue weighted by molar-refractivity contribution is 0.0566. The van der Waals surface area contributed by atoms with Crippen molar-refractivity contribution < 1.29 is 18.7 Å². The van der Waals surface area contributed by atoms with Crippen molar-refractivity contribution in [3.8, 4) is 5.69 Å². The number of carbonyl (C=O) groups excluding carboxylic acids is 2. The Labute approximate surface area is 224 Å². The number of aromatic nitrogens is 4. The molecule has 0 atom stereocenters. The highest BCUT2D eigenvalue weighted by Crippen LogP contribution is 2.26. The van der Waals surface area contributed by atoms with E-state index in [1.165, 1.54) is 18.0 Å². The third-order valence-electron chi connectivity index (χ3n) is 6.11. The van der Waals surface area contributed by atoms with Crippen LogP contribution in [0.4, 0.5) is 4.79 Å². The normalized spacial score (nSPS) is 13.5. The Balaban J connectivity index is 1.25. The summed E-state index contributed by atoms with van der Waals surface area (Å²) in [6.07, 6.45) is 1.68. The van der Waals surface area contributed by atoms with Gasteiger partial charge in [-0.3, -0.25) is 9.36 Å². The van der Waals surface area contributed by atoms with Gasteiger partial charge in [0.05, 0.1) is 12.4 Å². The van der Waals surface area contributed by atoms with Crippen molar-refractivity contribution >= 4 is 23.8 Å². The molecule has 4 aromatic rings. The fourth-order valence-electron chi connectivity index (χ4n) is 4.19. The Bertz CT molecular complexity index is 1370. The number of piperazine rings is 1. The van der Waals surface area contributed by atoms with Crippen LogP contribution in [0.1, 0.15) is 34.7 Å². The lowest BCUT2D eigenvalue weighted by atomic mass is 10.1. The molecule has 5 rings (SSSR count). The number of amides is 2. The molecule has 0 unspecified atom stereocenters. The van der Waals surface area contributed by atoms with Crippen molar-refractivity contribution in [1.29, 1.82) is 0 Å². The first kappa shape index (κ1) is 25.5. The van der Waals surface area contributed by atoms with Gasteiger partial charge < -0.3 is 19.0 Å². The molecular weight excluding hydrogens is 504 g/mol. The fourth-order valence-corrected chi connectivity index (χ4v) is 5.02. The third kappa shape index (κ3) is 5.88. The van der Waals surface area contributed by atoms with Crippen LogP contribution in [0.5, 0.6) is 0 Å². The molecular formula is C27H28N6O4S. The summed E-state index contributed by atoms with van der Waals surface area (Å²) in [6, 6.07) is 20.1. The predicted molar refractivity (Wildman–Crippen MR) is 141 cm³/mol. The average molecular weight is 533 g/mol. The Morgan fingerprint density at radius 1 is 0.947 bits per heavy atom. The van der Waals surface area contributed by atoms with Crippen molar-refractivity contribution in [3.63, 3.8) is 0 Å². The number of oxazole rings is 1. The Morgan fingerprint density at radius 2 is 1.63 bits per heavy atom. The van der Waals surface area contributed by atoms with Crippen LogP contribution in [-0.2, 0) is 16.9 Å². The van der Waals surface area contributed by atoms with E-state index in [0.717, 1.165) is 17.1 Å². The van der Waals surface area contributed by atoms with Crippen LogP contribution in [0.25, 0.3) is 5.69 Å². The van der Waals surface area contributed by atoms with E-state index in [2.05, 4.69) is 27.3 Å². The Kier molecular flexibility index (Phi) is 8.03. The highest BCUT2D eigenvalue weighted by Gasteiger charge is 2.27. The molecule has 0 N–H and O–H groups in total. The number of para-hydroxylation sites is 1. The minimum atomic E-state index is -0.351. The van der Waals surface area contributed by atoms with Crippen LogP contribution < -0.4 is 0 Å². The van der Waals surface area contributed by atoms with E-state index in [0.29, 0.717) is 56.0 Å². The van der Waals surface area contributed by atoms with E-state index < -0.39 is 0 Å². The molecule has 1 fully saturated rings. The Hall–Kier alpha value is -4.12. The minimum absolute atomic E-state index is 0.217. The molecule has 2 aromatic heterocycles. The van der Waals surface area contributed by atoms with Crippen molar-refractivity contribution in [1.82, 2.24) is 29.5 Å². The second-order valence-corrected chi connectivity index (χ2v) is 9.57. The number of ether oxygens (including phenoxy) is 1. The number of hydrogen-bond acceptors (Lipinski definition) is 8. The number of carbonyl (C=O) groups is 2. The molecule has 2 amide bonds. The first-order valence-corrected chi connectivity index (χ1v) is 13.4. The zero-order valence-electron chi connectivity index (χ0n) is 21.0. The molecule has 11 heteroatoms. The summed E-state index contributed by atoms with van der Waals surface area (Å²) in [5.74, 6) is 1.43.